The molecule has 5 heteroatoms. The van der Waals surface area contributed by atoms with Crippen LogP contribution in [0.3, 0.4) is 0 Å². The van der Waals surface area contributed by atoms with Crippen LogP contribution in [0.1, 0.15) is 48.7 Å². The molecule has 1 aromatic heterocycles. The van der Waals surface area contributed by atoms with E-state index in [1.165, 1.54) is 25.7 Å². The van der Waals surface area contributed by atoms with E-state index in [1.807, 2.05) is 37.3 Å². The van der Waals surface area contributed by atoms with Crippen molar-refractivity contribution >= 4 is 17.5 Å². The average Bonchev–Trinajstić information content (AvgIpc) is 3.30. The molecule has 2 saturated carbocycles. The smallest absolute Gasteiger partial charge is 0.256 e. The van der Waals surface area contributed by atoms with E-state index in [4.69, 9.17) is 11.6 Å². The minimum atomic E-state index is -0.111. The zero-order valence-electron chi connectivity index (χ0n) is 14.7. The molecule has 1 aromatic carbocycles. The third-order valence-corrected chi connectivity index (χ3v) is 6.37. The van der Waals surface area contributed by atoms with Crippen molar-refractivity contribution in [2.75, 3.05) is 0 Å². The van der Waals surface area contributed by atoms with Gasteiger partial charge in [-0.2, -0.15) is 5.10 Å². The molecule has 4 unspecified atom stereocenters. The van der Waals surface area contributed by atoms with E-state index in [2.05, 4.69) is 17.3 Å². The number of fused-ring (bicyclic) bond motifs is 2. The van der Waals surface area contributed by atoms with Crippen molar-refractivity contribution in [3.63, 3.8) is 0 Å². The van der Waals surface area contributed by atoms with Crippen molar-refractivity contribution in [2.24, 2.45) is 17.8 Å². The number of amides is 1. The van der Waals surface area contributed by atoms with Crippen LogP contribution in [0.2, 0.25) is 5.15 Å². The predicted molar refractivity (Wildman–Crippen MR) is 99.2 cm³/mol. The van der Waals surface area contributed by atoms with Gasteiger partial charge in [-0.1, -0.05) is 36.2 Å². The van der Waals surface area contributed by atoms with Crippen LogP contribution in [0, 0.1) is 24.7 Å². The Hall–Kier alpha value is -1.81. The molecular weight excluding hydrogens is 334 g/mol. The number of aryl methyl sites for hydroxylation is 1. The molecule has 1 amide bonds. The molecule has 0 saturated heterocycles. The zero-order valence-corrected chi connectivity index (χ0v) is 15.5. The second-order valence-corrected chi connectivity index (χ2v) is 7.96. The number of para-hydroxylation sites is 1. The number of halogens is 1. The largest absolute Gasteiger partial charge is 0.349 e. The first kappa shape index (κ1) is 16.6. The number of rotatable bonds is 4. The van der Waals surface area contributed by atoms with Crippen molar-refractivity contribution < 1.29 is 4.79 Å². The molecule has 2 aromatic rings. The highest BCUT2D eigenvalue weighted by atomic mass is 35.5. The fraction of sp³-hybridized carbons (Fsp3) is 0.500. The van der Waals surface area contributed by atoms with Crippen LogP contribution in [0.4, 0.5) is 0 Å². The van der Waals surface area contributed by atoms with E-state index < -0.39 is 0 Å². The minimum Gasteiger partial charge on any atom is -0.349 e. The fourth-order valence-electron chi connectivity index (χ4n) is 4.79. The van der Waals surface area contributed by atoms with Gasteiger partial charge in [-0.25, -0.2) is 4.68 Å². The molecule has 2 fully saturated rings. The number of carbonyl (C=O) groups excluding carboxylic acids is 1. The van der Waals surface area contributed by atoms with Gasteiger partial charge in [0.1, 0.15) is 5.15 Å². The Labute approximate surface area is 153 Å². The lowest BCUT2D eigenvalue weighted by atomic mass is 9.84. The molecular formula is C20H24ClN3O. The summed E-state index contributed by atoms with van der Waals surface area (Å²) in [6.07, 6.45) is 5.29. The summed E-state index contributed by atoms with van der Waals surface area (Å²) in [5, 5.41) is 8.04. The summed E-state index contributed by atoms with van der Waals surface area (Å²) in [5.74, 6) is 2.15. The molecule has 1 heterocycles. The lowest BCUT2D eigenvalue weighted by molar-refractivity contribution is 0.0915. The van der Waals surface area contributed by atoms with E-state index >= 15 is 0 Å². The highest BCUT2D eigenvalue weighted by Gasteiger charge is 2.42. The highest BCUT2D eigenvalue weighted by Crippen LogP contribution is 2.49. The van der Waals surface area contributed by atoms with Gasteiger partial charge in [0.05, 0.1) is 16.9 Å². The van der Waals surface area contributed by atoms with Gasteiger partial charge in [0.25, 0.3) is 5.91 Å². The van der Waals surface area contributed by atoms with Gasteiger partial charge in [-0.15, -0.1) is 0 Å². The Morgan fingerprint density at radius 1 is 1.28 bits per heavy atom. The maximum Gasteiger partial charge on any atom is 0.256 e. The van der Waals surface area contributed by atoms with Crippen LogP contribution < -0.4 is 5.32 Å². The Bertz CT molecular complexity index is 786. The molecule has 1 N–H and O–H groups in total. The first-order valence-corrected chi connectivity index (χ1v) is 9.53. The summed E-state index contributed by atoms with van der Waals surface area (Å²) in [5.41, 5.74) is 2.00. The van der Waals surface area contributed by atoms with E-state index in [0.717, 1.165) is 17.5 Å². The summed E-state index contributed by atoms with van der Waals surface area (Å²) in [7, 11) is 0. The van der Waals surface area contributed by atoms with E-state index in [9.17, 15) is 4.79 Å². The first-order valence-electron chi connectivity index (χ1n) is 9.16. The van der Waals surface area contributed by atoms with Crippen LogP contribution in [0.5, 0.6) is 0 Å². The van der Waals surface area contributed by atoms with Gasteiger partial charge < -0.3 is 5.32 Å². The Morgan fingerprint density at radius 2 is 2.04 bits per heavy atom. The van der Waals surface area contributed by atoms with E-state index in [-0.39, 0.29) is 11.9 Å². The molecule has 132 valence electrons. The van der Waals surface area contributed by atoms with Crippen LogP contribution in [0.25, 0.3) is 5.69 Å². The van der Waals surface area contributed by atoms with Gasteiger partial charge >= 0.3 is 0 Å². The van der Waals surface area contributed by atoms with Crippen LogP contribution in [0.15, 0.2) is 30.3 Å². The fourth-order valence-corrected chi connectivity index (χ4v) is 5.15. The SMILES string of the molecule is Cc1nn(-c2ccccc2)c(Cl)c1C(=O)NC(C)C1CC2CCC1C2. The molecule has 0 radical (unpaired) electrons. The number of aromatic nitrogens is 2. The normalized spacial score (nSPS) is 26.0. The van der Waals surface area contributed by atoms with Crippen molar-refractivity contribution in [3.05, 3.63) is 46.7 Å². The maximum atomic E-state index is 12.9. The number of hydrogen-bond acceptors (Lipinski definition) is 2. The van der Waals surface area contributed by atoms with E-state index in [0.29, 0.717) is 22.3 Å². The molecule has 25 heavy (non-hydrogen) atoms. The lowest BCUT2D eigenvalue weighted by Crippen LogP contribution is -2.40. The predicted octanol–water partition coefficient (Wildman–Crippen LogP) is 4.39. The molecule has 4 atom stereocenters. The van der Waals surface area contributed by atoms with Gasteiger partial charge in [-0.3, -0.25) is 4.79 Å². The van der Waals surface area contributed by atoms with Crippen molar-refractivity contribution in [1.82, 2.24) is 15.1 Å². The maximum absolute atomic E-state index is 12.9. The zero-order chi connectivity index (χ0) is 17.6. The van der Waals surface area contributed by atoms with Gasteiger partial charge in [0, 0.05) is 6.04 Å². The number of hydrogen-bond donors (Lipinski definition) is 1. The second-order valence-electron chi connectivity index (χ2n) is 7.60. The number of carbonyl (C=O) groups is 1. The van der Waals surface area contributed by atoms with Crippen LogP contribution in [-0.2, 0) is 0 Å². The molecule has 2 aliphatic rings. The van der Waals surface area contributed by atoms with E-state index in [1.54, 1.807) is 4.68 Å². The Kier molecular flexibility index (Phi) is 4.32. The first-order chi connectivity index (χ1) is 12.0. The molecule has 0 aliphatic heterocycles. The molecule has 2 aliphatic carbocycles. The summed E-state index contributed by atoms with van der Waals surface area (Å²) in [6, 6.07) is 9.84. The van der Waals surface area contributed by atoms with Crippen molar-refractivity contribution in [3.8, 4) is 5.69 Å². The molecule has 4 nitrogen and oxygen atoms in total. The standard InChI is InChI=1S/C20H24ClN3O/c1-12(17-11-14-8-9-15(17)10-14)22-20(25)18-13(2)23-24(19(18)21)16-6-4-3-5-7-16/h3-7,12,14-15,17H,8-11H2,1-2H3,(H,22,25). The minimum absolute atomic E-state index is 0.111. The third-order valence-electron chi connectivity index (χ3n) is 6.03. The Balaban J connectivity index is 1.53. The molecule has 0 spiro atoms. The quantitative estimate of drug-likeness (QED) is 0.882. The summed E-state index contributed by atoms with van der Waals surface area (Å²) in [6.45, 7) is 3.97. The summed E-state index contributed by atoms with van der Waals surface area (Å²) in [4.78, 5) is 12.9. The Morgan fingerprint density at radius 3 is 2.68 bits per heavy atom. The van der Waals surface area contributed by atoms with Crippen LogP contribution in [-0.4, -0.2) is 21.7 Å². The summed E-state index contributed by atoms with van der Waals surface area (Å²) >= 11 is 6.50. The van der Waals surface area contributed by atoms with Gasteiger partial charge in [0.2, 0.25) is 0 Å². The number of benzene rings is 1. The van der Waals surface area contributed by atoms with Crippen molar-refractivity contribution in [1.29, 1.82) is 0 Å². The third kappa shape index (κ3) is 2.97. The lowest BCUT2D eigenvalue weighted by Gasteiger charge is -2.28. The average molecular weight is 358 g/mol. The number of nitrogens with one attached hydrogen (secondary N) is 1. The van der Waals surface area contributed by atoms with Crippen molar-refractivity contribution in [2.45, 2.75) is 45.6 Å². The topological polar surface area (TPSA) is 46.9 Å². The monoisotopic (exact) mass is 357 g/mol. The molecule has 2 bridgehead atoms. The highest BCUT2D eigenvalue weighted by molar-refractivity contribution is 6.33. The van der Waals surface area contributed by atoms with Gasteiger partial charge in [-0.05, 0) is 63.0 Å². The van der Waals surface area contributed by atoms with Crippen LogP contribution >= 0.6 is 11.6 Å². The van der Waals surface area contributed by atoms with Gasteiger partial charge in [0.15, 0.2) is 0 Å². The second kappa shape index (κ2) is 6.49. The summed E-state index contributed by atoms with van der Waals surface area (Å²) < 4.78 is 1.63. The molecule has 4 rings (SSSR count). The number of nitrogens with zero attached hydrogens (tertiary/aromatic N) is 2.